The maximum atomic E-state index is 11.0. The number of fused-ring (bicyclic) bond motifs is 1. The van der Waals surface area contributed by atoms with Gasteiger partial charge in [-0.2, -0.15) is 0 Å². The highest BCUT2D eigenvalue weighted by molar-refractivity contribution is 5.88. The fraction of sp³-hybridized carbons (Fsp3) is 0.115. The molecule has 0 aliphatic carbocycles. The van der Waals surface area contributed by atoms with Crippen LogP contribution < -0.4 is 10.1 Å². The van der Waals surface area contributed by atoms with Crippen LogP contribution in [-0.2, 0) is 19.7 Å². The van der Waals surface area contributed by atoms with Crippen LogP contribution in [0.5, 0.6) is 5.75 Å². The van der Waals surface area contributed by atoms with Crippen molar-refractivity contribution in [2.45, 2.75) is 19.7 Å². The summed E-state index contributed by atoms with van der Waals surface area (Å²) in [5, 5.41) is 14.8. The second-order valence-electron chi connectivity index (χ2n) is 7.14. The van der Waals surface area contributed by atoms with Gasteiger partial charge in [0.2, 0.25) is 0 Å². The Balaban J connectivity index is 1.51. The first kappa shape index (κ1) is 19.7. The van der Waals surface area contributed by atoms with E-state index >= 15 is 0 Å². The number of carbonyl (C=O) groups is 1. The monoisotopic (exact) mass is 397 g/mol. The van der Waals surface area contributed by atoms with Crippen LogP contribution in [0.25, 0.3) is 10.8 Å². The van der Waals surface area contributed by atoms with Gasteiger partial charge in [0.25, 0.3) is 0 Å². The zero-order valence-corrected chi connectivity index (χ0v) is 16.5. The van der Waals surface area contributed by atoms with Crippen molar-refractivity contribution in [2.24, 2.45) is 0 Å². The van der Waals surface area contributed by atoms with Gasteiger partial charge in [0, 0.05) is 18.7 Å². The minimum absolute atomic E-state index is 0.296. The third kappa shape index (κ3) is 4.67. The van der Waals surface area contributed by atoms with E-state index < -0.39 is 5.97 Å². The minimum atomic E-state index is -0.912. The highest BCUT2D eigenvalue weighted by Gasteiger charge is 2.10. The lowest BCUT2D eigenvalue weighted by molar-refractivity contribution is 0.0697. The Hall–Kier alpha value is -3.63. The molecule has 2 N–H and O–H groups in total. The third-order valence-electron chi connectivity index (χ3n) is 5.07. The SMILES string of the molecule is O=C(O)c1ccc(CNCc2c(OCc3ccccc3)ccc3ccccc23)cc1. The molecule has 0 atom stereocenters. The second kappa shape index (κ2) is 9.25. The Morgan fingerprint density at radius 2 is 1.50 bits per heavy atom. The summed E-state index contributed by atoms with van der Waals surface area (Å²) in [6.07, 6.45) is 0. The summed E-state index contributed by atoms with van der Waals surface area (Å²) in [5.41, 5.74) is 3.57. The second-order valence-corrected chi connectivity index (χ2v) is 7.14. The number of nitrogens with one attached hydrogen (secondary N) is 1. The van der Waals surface area contributed by atoms with E-state index in [1.54, 1.807) is 12.1 Å². The summed E-state index contributed by atoms with van der Waals surface area (Å²) in [6, 6.07) is 29.5. The quantitative estimate of drug-likeness (QED) is 0.418. The number of carboxylic acid groups (broad SMARTS) is 1. The Morgan fingerprint density at radius 1 is 0.767 bits per heavy atom. The number of carboxylic acids is 1. The molecule has 150 valence electrons. The molecular formula is C26H23NO3. The highest BCUT2D eigenvalue weighted by Crippen LogP contribution is 2.29. The van der Waals surface area contributed by atoms with E-state index in [-0.39, 0.29) is 0 Å². The van der Waals surface area contributed by atoms with Crippen molar-refractivity contribution in [3.63, 3.8) is 0 Å². The van der Waals surface area contributed by atoms with Crippen LogP contribution in [0, 0.1) is 0 Å². The van der Waals surface area contributed by atoms with Gasteiger partial charge in [-0.05, 0) is 40.1 Å². The van der Waals surface area contributed by atoms with Gasteiger partial charge in [-0.25, -0.2) is 4.79 Å². The summed E-state index contributed by atoms with van der Waals surface area (Å²) in [6.45, 7) is 1.80. The number of aromatic carboxylic acids is 1. The van der Waals surface area contributed by atoms with E-state index in [2.05, 4.69) is 35.6 Å². The Morgan fingerprint density at radius 3 is 2.27 bits per heavy atom. The molecular weight excluding hydrogens is 374 g/mol. The first-order valence-electron chi connectivity index (χ1n) is 9.91. The molecule has 0 bridgehead atoms. The normalized spacial score (nSPS) is 10.8. The summed E-state index contributed by atoms with van der Waals surface area (Å²) >= 11 is 0. The Bertz CT molecular complexity index is 1140. The molecule has 0 saturated heterocycles. The molecule has 4 rings (SSSR count). The van der Waals surface area contributed by atoms with Crippen molar-refractivity contribution in [1.82, 2.24) is 5.32 Å². The molecule has 0 radical (unpaired) electrons. The Kier molecular flexibility index (Phi) is 6.06. The fourth-order valence-corrected chi connectivity index (χ4v) is 3.47. The molecule has 0 spiro atoms. The predicted octanol–water partition coefficient (Wildman–Crippen LogP) is 5.41. The topological polar surface area (TPSA) is 58.6 Å². The molecule has 0 fully saturated rings. The summed E-state index contributed by atoms with van der Waals surface area (Å²) in [7, 11) is 0. The van der Waals surface area contributed by atoms with Crippen molar-refractivity contribution in [1.29, 1.82) is 0 Å². The van der Waals surface area contributed by atoms with E-state index in [4.69, 9.17) is 9.84 Å². The standard InChI is InChI=1S/C26H23NO3/c28-26(29)22-12-10-19(11-13-22)16-27-17-24-23-9-5-4-8-21(23)14-15-25(24)30-18-20-6-2-1-3-7-20/h1-15,27H,16-18H2,(H,28,29). The molecule has 4 nitrogen and oxygen atoms in total. The molecule has 0 amide bonds. The maximum absolute atomic E-state index is 11.0. The van der Waals surface area contributed by atoms with Crippen LogP contribution in [0.15, 0.2) is 91.0 Å². The largest absolute Gasteiger partial charge is 0.489 e. The number of hydrogen-bond acceptors (Lipinski definition) is 3. The molecule has 0 saturated carbocycles. The van der Waals surface area contributed by atoms with Crippen LogP contribution in [-0.4, -0.2) is 11.1 Å². The lowest BCUT2D eigenvalue weighted by Gasteiger charge is -2.15. The van der Waals surface area contributed by atoms with E-state index in [9.17, 15) is 4.79 Å². The molecule has 0 aromatic heterocycles. The van der Waals surface area contributed by atoms with E-state index in [1.165, 1.54) is 5.39 Å². The Labute approximate surface area is 175 Å². The maximum Gasteiger partial charge on any atom is 0.335 e. The van der Waals surface area contributed by atoms with Gasteiger partial charge in [0.1, 0.15) is 12.4 Å². The zero-order valence-electron chi connectivity index (χ0n) is 16.5. The molecule has 4 aromatic rings. The van der Waals surface area contributed by atoms with Crippen LogP contribution in [0.1, 0.15) is 27.0 Å². The summed E-state index contributed by atoms with van der Waals surface area (Å²) in [5.74, 6) is -0.0447. The van der Waals surface area contributed by atoms with Crippen LogP contribution >= 0.6 is 0 Å². The van der Waals surface area contributed by atoms with E-state index in [1.807, 2.05) is 48.5 Å². The molecule has 0 heterocycles. The minimum Gasteiger partial charge on any atom is -0.489 e. The molecule has 4 heteroatoms. The lowest BCUT2D eigenvalue weighted by Crippen LogP contribution is -2.14. The van der Waals surface area contributed by atoms with Crippen LogP contribution in [0.3, 0.4) is 0 Å². The number of benzene rings is 4. The molecule has 4 aromatic carbocycles. The van der Waals surface area contributed by atoms with Gasteiger partial charge in [0.15, 0.2) is 0 Å². The average Bonchev–Trinajstić information content (AvgIpc) is 2.79. The number of rotatable bonds is 8. The van der Waals surface area contributed by atoms with Crippen molar-refractivity contribution in [3.05, 3.63) is 113 Å². The van der Waals surface area contributed by atoms with Crippen LogP contribution in [0.2, 0.25) is 0 Å². The van der Waals surface area contributed by atoms with Gasteiger partial charge in [-0.3, -0.25) is 0 Å². The lowest BCUT2D eigenvalue weighted by atomic mass is 10.0. The predicted molar refractivity (Wildman–Crippen MR) is 119 cm³/mol. The average molecular weight is 397 g/mol. The molecule has 30 heavy (non-hydrogen) atoms. The van der Waals surface area contributed by atoms with Crippen molar-refractivity contribution >= 4 is 16.7 Å². The van der Waals surface area contributed by atoms with Crippen molar-refractivity contribution in [2.75, 3.05) is 0 Å². The van der Waals surface area contributed by atoms with Gasteiger partial charge >= 0.3 is 5.97 Å². The van der Waals surface area contributed by atoms with Gasteiger partial charge in [-0.15, -0.1) is 0 Å². The first-order chi connectivity index (χ1) is 14.7. The molecule has 0 aliphatic rings. The fourth-order valence-electron chi connectivity index (χ4n) is 3.47. The highest BCUT2D eigenvalue weighted by atomic mass is 16.5. The van der Waals surface area contributed by atoms with Crippen LogP contribution in [0.4, 0.5) is 0 Å². The molecule has 0 aliphatic heterocycles. The third-order valence-corrected chi connectivity index (χ3v) is 5.07. The summed E-state index contributed by atoms with van der Waals surface area (Å²) < 4.78 is 6.17. The first-order valence-corrected chi connectivity index (χ1v) is 9.91. The zero-order chi connectivity index (χ0) is 20.8. The van der Waals surface area contributed by atoms with Gasteiger partial charge in [0.05, 0.1) is 5.56 Å². The number of hydrogen-bond donors (Lipinski definition) is 2. The van der Waals surface area contributed by atoms with Gasteiger partial charge in [-0.1, -0.05) is 72.8 Å². The van der Waals surface area contributed by atoms with Gasteiger partial charge < -0.3 is 15.2 Å². The van der Waals surface area contributed by atoms with E-state index in [0.29, 0.717) is 25.3 Å². The molecule has 0 unspecified atom stereocenters. The number of ether oxygens (including phenoxy) is 1. The van der Waals surface area contributed by atoms with Crippen molar-refractivity contribution < 1.29 is 14.6 Å². The summed E-state index contributed by atoms with van der Waals surface area (Å²) in [4.78, 5) is 11.0. The van der Waals surface area contributed by atoms with E-state index in [0.717, 1.165) is 27.8 Å². The van der Waals surface area contributed by atoms with Crippen molar-refractivity contribution in [3.8, 4) is 5.75 Å². The smallest absolute Gasteiger partial charge is 0.335 e.